The van der Waals surface area contributed by atoms with Crippen LogP contribution in [0.25, 0.3) is 5.69 Å². The van der Waals surface area contributed by atoms with Gasteiger partial charge in [-0.2, -0.15) is 5.10 Å². The molecule has 3 aromatic carbocycles. The van der Waals surface area contributed by atoms with Gasteiger partial charge in [0.25, 0.3) is 0 Å². The summed E-state index contributed by atoms with van der Waals surface area (Å²) in [5.41, 5.74) is 15.2. The lowest BCUT2D eigenvalue weighted by Gasteiger charge is -2.37. The smallest absolute Gasteiger partial charge is 0.132 e. The number of aryl methyl sites for hydroxylation is 2. The minimum Gasteiger partial charge on any atom is -0.383 e. The number of anilines is 1. The van der Waals surface area contributed by atoms with E-state index >= 15 is 0 Å². The summed E-state index contributed by atoms with van der Waals surface area (Å²) in [6.45, 7) is 6.08. The highest BCUT2D eigenvalue weighted by Crippen LogP contribution is 2.40. The largest absolute Gasteiger partial charge is 0.383 e. The fourth-order valence-electron chi connectivity index (χ4n) is 4.72. The molecule has 0 spiro atoms. The standard InChI is InChI=1S/C27H28N4/c1-19-12-14-21(15-13-19)18-30-17-16-22-8-6-7-11-24(22)26(30)25-20(2)29-31(27(25)28)23-9-4-3-5-10-23/h3-15,26H,16-18,28H2,1-2H3/t26-/m1/s1. The quantitative estimate of drug-likeness (QED) is 0.504. The Labute approximate surface area is 183 Å². The fraction of sp³-hybridized carbons (Fsp3) is 0.222. The van der Waals surface area contributed by atoms with Crippen LogP contribution in [0.3, 0.4) is 0 Å². The zero-order chi connectivity index (χ0) is 21.4. The number of nitrogens with zero attached hydrogens (tertiary/aromatic N) is 3. The predicted molar refractivity (Wildman–Crippen MR) is 126 cm³/mol. The van der Waals surface area contributed by atoms with Gasteiger partial charge in [0.05, 0.1) is 17.4 Å². The Bertz CT molecular complexity index is 1190. The summed E-state index contributed by atoms with van der Waals surface area (Å²) >= 11 is 0. The third-order valence-electron chi connectivity index (χ3n) is 6.31. The van der Waals surface area contributed by atoms with Crippen molar-refractivity contribution in [2.75, 3.05) is 12.3 Å². The van der Waals surface area contributed by atoms with Crippen LogP contribution in [-0.4, -0.2) is 21.2 Å². The van der Waals surface area contributed by atoms with E-state index in [1.807, 2.05) is 35.0 Å². The van der Waals surface area contributed by atoms with Crippen LogP contribution in [-0.2, 0) is 13.0 Å². The molecule has 1 aromatic heterocycles. The summed E-state index contributed by atoms with van der Waals surface area (Å²) in [5, 5.41) is 4.85. The van der Waals surface area contributed by atoms with Crippen LogP contribution in [0.5, 0.6) is 0 Å². The fourth-order valence-corrected chi connectivity index (χ4v) is 4.72. The normalized spacial score (nSPS) is 16.3. The molecule has 1 aliphatic rings. The average Bonchev–Trinajstić information content (AvgIpc) is 3.09. The van der Waals surface area contributed by atoms with Crippen molar-refractivity contribution in [1.82, 2.24) is 14.7 Å². The lowest BCUT2D eigenvalue weighted by molar-refractivity contribution is 0.204. The third kappa shape index (κ3) is 3.64. The monoisotopic (exact) mass is 408 g/mol. The second-order valence-electron chi connectivity index (χ2n) is 8.44. The van der Waals surface area contributed by atoms with Crippen LogP contribution < -0.4 is 5.73 Å². The number of nitrogens with two attached hydrogens (primary N) is 1. The van der Waals surface area contributed by atoms with Crippen LogP contribution in [0.15, 0.2) is 78.9 Å². The van der Waals surface area contributed by atoms with Gasteiger partial charge in [-0.1, -0.05) is 72.3 Å². The van der Waals surface area contributed by atoms with Gasteiger partial charge in [-0.25, -0.2) is 4.68 Å². The number of hydrogen-bond donors (Lipinski definition) is 1. The van der Waals surface area contributed by atoms with Gasteiger partial charge >= 0.3 is 0 Å². The SMILES string of the molecule is Cc1ccc(CN2CCc3ccccc3[C@@H]2c2c(C)nn(-c3ccccc3)c2N)cc1. The molecular weight excluding hydrogens is 380 g/mol. The molecule has 4 aromatic rings. The van der Waals surface area contributed by atoms with E-state index in [2.05, 4.69) is 67.3 Å². The Morgan fingerprint density at radius 3 is 2.39 bits per heavy atom. The lowest BCUT2D eigenvalue weighted by Crippen LogP contribution is -2.36. The van der Waals surface area contributed by atoms with Gasteiger partial charge in [-0.05, 0) is 49.1 Å². The minimum atomic E-state index is 0.0868. The molecule has 0 radical (unpaired) electrons. The molecule has 1 atom stereocenters. The molecule has 4 heteroatoms. The molecule has 5 rings (SSSR count). The first-order valence-corrected chi connectivity index (χ1v) is 10.9. The number of nitrogen functional groups attached to an aromatic ring is 1. The maximum absolute atomic E-state index is 6.77. The first-order chi connectivity index (χ1) is 15.1. The molecule has 156 valence electrons. The second-order valence-corrected chi connectivity index (χ2v) is 8.44. The van der Waals surface area contributed by atoms with Crippen molar-refractivity contribution in [3.05, 3.63) is 112 Å². The van der Waals surface area contributed by atoms with Crippen LogP contribution in [0.4, 0.5) is 5.82 Å². The van der Waals surface area contributed by atoms with E-state index in [9.17, 15) is 0 Å². The van der Waals surface area contributed by atoms with Crippen LogP contribution in [0.1, 0.15) is 39.6 Å². The van der Waals surface area contributed by atoms with Gasteiger partial charge in [-0.15, -0.1) is 0 Å². The van der Waals surface area contributed by atoms with Gasteiger partial charge in [0.1, 0.15) is 5.82 Å². The number of para-hydroxylation sites is 1. The van der Waals surface area contributed by atoms with Gasteiger partial charge in [-0.3, -0.25) is 4.90 Å². The molecule has 0 aliphatic carbocycles. The highest BCUT2D eigenvalue weighted by atomic mass is 15.3. The van der Waals surface area contributed by atoms with Crippen molar-refractivity contribution >= 4 is 5.82 Å². The van der Waals surface area contributed by atoms with E-state index in [0.717, 1.165) is 42.3 Å². The Balaban J connectivity index is 1.61. The van der Waals surface area contributed by atoms with Crippen molar-refractivity contribution in [2.45, 2.75) is 32.9 Å². The van der Waals surface area contributed by atoms with Crippen molar-refractivity contribution in [3.63, 3.8) is 0 Å². The molecule has 2 N–H and O–H groups in total. The molecule has 0 fully saturated rings. The molecule has 4 nitrogen and oxygen atoms in total. The lowest BCUT2D eigenvalue weighted by atomic mass is 9.87. The van der Waals surface area contributed by atoms with E-state index < -0.39 is 0 Å². The first kappa shape index (κ1) is 19.6. The summed E-state index contributed by atoms with van der Waals surface area (Å²) in [4.78, 5) is 2.54. The number of aromatic nitrogens is 2. The van der Waals surface area contributed by atoms with Crippen molar-refractivity contribution < 1.29 is 0 Å². The molecule has 0 saturated carbocycles. The van der Waals surface area contributed by atoms with Crippen molar-refractivity contribution in [1.29, 1.82) is 0 Å². The molecule has 0 bridgehead atoms. The summed E-state index contributed by atoms with van der Waals surface area (Å²) in [6, 6.07) is 27.8. The Morgan fingerprint density at radius 1 is 0.903 bits per heavy atom. The van der Waals surface area contributed by atoms with E-state index in [1.165, 1.54) is 22.3 Å². The molecule has 1 aliphatic heterocycles. The Kier molecular flexibility index (Phi) is 5.08. The summed E-state index contributed by atoms with van der Waals surface area (Å²) < 4.78 is 1.88. The summed E-state index contributed by atoms with van der Waals surface area (Å²) in [5.74, 6) is 0.722. The maximum atomic E-state index is 6.77. The van der Waals surface area contributed by atoms with Crippen molar-refractivity contribution in [3.8, 4) is 5.69 Å². The molecular formula is C27H28N4. The Hall–Kier alpha value is -3.37. The van der Waals surface area contributed by atoms with E-state index in [0.29, 0.717) is 0 Å². The van der Waals surface area contributed by atoms with E-state index in [-0.39, 0.29) is 6.04 Å². The average molecular weight is 409 g/mol. The van der Waals surface area contributed by atoms with Gasteiger partial charge < -0.3 is 5.73 Å². The third-order valence-corrected chi connectivity index (χ3v) is 6.31. The molecule has 31 heavy (non-hydrogen) atoms. The molecule has 0 amide bonds. The maximum Gasteiger partial charge on any atom is 0.132 e. The summed E-state index contributed by atoms with van der Waals surface area (Å²) in [7, 11) is 0. The highest BCUT2D eigenvalue weighted by molar-refractivity contribution is 5.55. The number of fused-ring (bicyclic) bond motifs is 1. The Morgan fingerprint density at radius 2 is 1.61 bits per heavy atom. The highest BCUT2D eigenvalue weighted by Gasteiger charge is 2.33. The first-order valence-electron chi connectivity index (χ1n) is 10.9. The van der Waals surface area contributed by atoms with Crippen LogP contribution in [0.2, 0.25) is 0 Å². The number of hydrogen-bond acceptors (Lipinski definition) is 3. The van der Waals surface area contributed by atoms with Gasteiger partial charge in [0.15, 0.2) is 0 Å². The van der Waals surface area contributed by atoms with Crippen molar-refractivity contribution in [2.24, 2.45) is 0 Å². The van der Waals surface area contributed by atoms with Gasteiger partial charge in [0, 0.05) is 18.7 Å². The molecule has 0 saturated heterocycles. The zero-order valence-electron chi connectivity index (χ0n) is 18.1. The topological polar surface area (TPSA) is 47.1 Å². The second kappa shape index (κ2) is 8.05. The number of rotatable bonds is 4. The van der Waals surface area contributed by atoms with E-state index in [4.69, 9.17) is 10.8 Å². The summed E-state index contributed by atoms with van der Waals surface area (Å²) in [6.07, 6.45) is 1.05. The minimum absolute atomic E-state index is 0.0868. The van der Waals surface area contributed by atoms with Gasteiger partial charge in [0.2, 0.25) is 0 Å². The molecule has 2 heterocycles. The molecule has 0 unspecified atom stereocenters. The van der Waals surface area contributed by atoms with Crippen LogP contribution in [0, 0.1) is 13.8 Å². The zero-order valence-corrected chi connectivity index (χ0v) is 18.1. The predicted octanol–water partition coefficient (Wildman–Crippen LogP) is 5.22. The number of benzene rings is 3. The van der Waals surface area contributed by atoms with E-state index in [1.54, 1.807) is 0 Å². The van der Waals surface area contributed by atoms with Crippen LogP contribution >= 0.6 is 0 Å².